The lowest BCUT2D eigenvalue weighted by molar-refractivity contribution is 0.770. The van der Waals surface area contributed by atoms with Crippen molar-refractivity contribution < 1.29 is 0 Å². The Kier molecular flexibility index (Phi) is 3.37. The molecule has 1 rings (SSSR count). The Labute approximate surface area is 79.4 Å². The van der Waals surface area contributed by atoms with Crippen molar-refractivity contribution in [1.82, 2.24) is 9.97 Å². The summed E-state index contributed by atoms with van der Waals surface area (Å²) >= 11 is 0. The zero-order valence-electron chi connectivity index (χ0n) is 8.54. The lowest BCUT2D eigenvalue weighted by atomic mass is 10.0. The van der Waals surface area contributed by atoms with Gasteiger partial charge >= 0.3 is 0 Å². The molecular formula is C10H17N3. The van der Waals surface area contributed by atoms with E-state index in [1.54, 1.807) is 6.33 Å². The molecule has 1 aromatic heterocycles. The summed E-state index contributed by atoms with van der Waals surface area (Å²) in [5.41, 5.74) is 8.96. The maximum absolute atomic E-state index is 5.54. The van der Waals surface area contributed by atoms with Gasteiger partial charge in [-0.25, -0.2) is 9.97 Å². The number of nitrogens with two attached hydrogens (primary N) is 1. The molecule has 1 aromatic rings. The first-order valence-corrected chi connectivity index (χ1v) is 4.67. The van der Waals surface area contributed by atoms with Crippen LogP contribution in [0, 0.1) is 6.92 Å². The average Bonchev–Trinajstić information content (AvgIpc) is 2.08. The molecule has 72 valence electrons. The molecule has 0 aromatic carbocycles. The second kappa shape index (κ2) is 4.33. The third kappa shape index (κ3) is 2.25. The summed E-state index contributed by atoms with van der Waals surface area (Å²) in [6, 6.07) is 0. The molecule has 1 heterocycles. The molecule has 0 saturated heterocycles. The van der Waals surface area contributed by atoms with E-state index < -0.39 is 0 Å². The molecule has 0 aliphatic rings. The van der Waals surface area contributed by atoms with Crippen molar-refractivity contribution in [2.75, 3.05) is 6.54 Å². The Morgan fingerprint density at radius 2 is 2.08 bits per heavy atom. The number of rotatable bonds is 3. The van der Waals surface area contributed by atoms with Gasteiger partial charge < -0.3 is 5.73 Å². The normalized spacial score (nSPS) is 10.8. The number of aromatic nitrogens is 2. The van der Waals surface area contributed by atoms with Crippen LogP contribution in [0.2, 0.25) is 0 Å². The second-order valence-corrected chi connectivity index (χ2v) is 3.52. The monoisotopic (exact) mass is 179 g/mol. The van der Waals surface area contributed by atoms with Gasteiger partial charge in [-0.2, -0.15) is 0 Å². The van der Waals surface area contributed by atoms with E-state index in [4.69, 9.17) is 5.73 Å². The van der Waals surface area contributed by atoms with E-state index in [-0.39, 0.29) is 0 Å². The third-order valence-electron chi connectivity index (χ3n) is 2.14. The minimum Gasteiger partial charge on any atom is -0.330 e. The summed E-state index contributed by atoms with van der Waals surface area (Å²) in [5.74, 6) is 0.447. The van der Waals surface area contributed by atoms with E-state index in [2.05, 4.69) is 23.8 Å². The van der Waals surface area contributed by atoms with E-state index in [1.165, 1.54) is 5.56 Å². The standard InChI is InChI=1S/C10H17N3/c1-7(2)10-9(4-5-11)8(3)12-6-13-10/h6-7H,4-5,11H2,1-3H3. The average molecular weight is 179 g/mol. The predicted molar refractivity (Wildman–Crippen MR) is 53.6 cm³/mol. The van der Waals surface area contributed by atoms with Gasteiger partial charge in [0.25, 0.3) is 0 Å². The van der Waals surface area contributed by atoms with Crippen LogP contribution in [0.5, 0.6) is 0 Å². The molecule has 0 aliphatic carbocycles. The zero-order valence-corrected chi connectivity index (χ0v) is 8.54. The molecule has 0 aliphatic heterocycles. The van der Waals surface area contributed by atoms with Crippen LogP contribution < -0.4 is 5.73 Å². The SMILES string of the molecule is Cc1ncnc(C(C)C)c1CCN. The van der Waals surface area contributed by atoms with E-state index in [0.717, 1.165) is 17.8 Å². The van der Waals surface area contributed by atoms with Gasteiger partial charge in [0.2, 0.25) is 0 Å². The number of nitrogens with zero attached hydrogens (tertiary/aromatic N) is 2. The first-order valence-electron chi connectivity index (χ1n) is 4.67. The fourth-order valence-electron chi connectivity index (χ4n) is 1.47. The Morgan fingerprint density at radius 1 is 1.38 bits per heavy atom. The second-order valence-electron chi connectivity index (χ2n) is 3.52. The van der Waals surface area contributed by atoms with Crippen LogP contribution in [0.1, 0.15) is 36.7 Å². The van der Waals surface area contributed by atoms with Crippen LogP contribution >= 0.6 is 0 Å². The topological polar surface area (TPSA) is 51.8 Å². The van der Waals surface area contributed by atoms with Crippen LogP contribution in [-0.4, -0.2) is 16.5 Å². The maximum atomic E-state index is 5.54. The quantitative estimate of drug-likeness (QED) is 0.763. The van der Waals surface area contributed by atoms with Crippen molar-refractivity contribution in [2.45, 2.75) is 33.1 Å². The van der Waals surface area contributed by atoms with Gasteiger partial charge in [-0.05, 0) is 31.4 Å². The van der Waals surface area contributed by atoms with Crippen LogP contribution in [0.4, 0.5) is 0 Å². The Balaban J connectivity index is 3.09. The van der Waals surface area contributed by atoms with Gasteiger partial charge in [0, 0.05) is 11.4 Å². The van der Waals surface area contributed by atoms with Crippen molar-refractivity contribution in [3.8, 4) is 0 Å². The summed E-state index contributed by atoms with van der Waals surface area (Å²) in [6.07, 6.45) is 2.50. The minimum absolute atomic E-state index is 0.447. The molecule has 0 spiro atoms. The lowest BCUT2D eigenvalue weighted by Gasteiger charge is -2.12. The van der Waals surface area contributed by atoms with E-state index in [9.17, 15) is 0 Å². The molecule has 0 bridgehead atoms. The van der Waals surface area contributed by atoms with E-state index in [1.807, 2.05) is 6.92 Å². The highest BCUT2D eigenvalue weighted by atomic mass is 14.8. The van der Waals surface area contributed by atoms with E-state index >= 15 is 0 Å². The molecule has 13 heavy (non-hydrogen) atoms. The molecule has 3 nitrogen and oxygen atoms in total. The van der Waals surface area contributed by atoms with Crippen LogP contribution in [0.15, 0.2) is 6.33 Å². The molecule has 0 amide bonds. The summed E-state index contributed by atoms with van der Waals surface area (Å²) in [4.78, 5) is 8.47. The lowest BCUT2D eigenvalue weighted by Crippen LogP contribution is -2.10. The molecule has 0 atom stereocenters. The molecule has 0 unspecified atom stereocenters. The zero-order chi connectivity index (χ0) is 9.84. The first-order chi connectivity index (χ1) is 6.16. The van der Waals surface area contributed by atoms with Gasteiger partial charge in [0.1, 0.15) is 6.33 Å². The summed E-state index contributed by atoms with van der Waals surface area (Å²) in [5, 5.41) is 0. The number of aryl methyl sites for hydroxylation is 1. The molecular weight excluding hydrogens is 162 g/mol. The molecule has 3 heteroatoms. The van der Waals surface area contributed by atoms with Crippen molar-refractivity contribution in [1.29, 1.82) is 0 Å². The van der Waals surface area contributed by atoms with Crippen LogP contribution in [0.3, 0.4) is 0 Å². The van der Waals surface area contributed by atoms with Crippen molar-refractivity contribution in [3.63, 3.8) is 0 Å². The third-order valence-corrected chi connectivity index (χ3v) is 2.14. The summed E-state index contributed by atoms with van der Waals surface area (Å²) in [6.45, 7) is 6.95. The predicted octanol–water partition coefficient (Wildman–Crippen LogP) is 1.41. The molecule has 0 fully saturated rings. The smallest absolute Gasteiger partial charge is 0.115 e. The van der Waals surface area contributed by atoms with E-state index in [0.29, 0.717) is 12.5 Å². The van der Waals surface area contributed by atoms with Crippen molar-refractivity contribution >= 4 is 0 Å². The summed E-state index contributed by atoms with van der Waals surface area (Å²) in [7, 11) is 0. The first kappa shape index (κ1) is 10.1. The Hall–Kier alpha value is -0.960. The number of hydrogen-bond donors (Lipinski definition) is 1. The van der Waals surface area contributed by atoms with Crippen LogP contribution in [0.25, 0.3) is 0 Å². The fraction of sp³-hybridized carbons (Fsp3) is 0.600. The fourth-order valence-corrected chi connectivity index (χ4v) is 1.47. The van der Waals surface area contributed by atoms with Gasteiger partial charge in [0.05, 0.1) is 0 Å². The van der Waals surface area contributed by atoms with Gasteiger partial charge in [-0.15, -0.1) is 0 Å². The highest BCUT2D eigenvalue weighted by Crippen LogP contribution is 2.18. The maximum Gasteiger partial charge on any atom is 0.115 e. The Bertz CT molecular complexity index is 281. The molecule has 2 N–H and O–H groups in total. The van der Waals surface area contributed by atoms with Gasteiger partial charge in [-0.3, -0.25) is 0 Å². The highest BCUT2D eigenvalue weighted by Gasteiger charge is 2.10. The minimum atomic E-state index is 0.447. The van der Waals surface area contributed by atoms with Gasteiger partial charge in [0.15, 0.2) is 0 Å². The van der Waals surface area contributed by atoms with Crippen molar-refractivity contribution in [2.24, 2.45) is 5.73 Å². The number of hydrogen-bond acceptors (Lipinski definition) is 3. The Morgan fingerprint density at radius 3 is 2.62 bits per heavy atom. The van der Waals surface area contributed by atoms with Crippen LogP contribution in [-0.2, 0) is 6.42 Å². The van der Waals surface area contributed by atoms with Crippen molar-refractivity contribution in [3.05, 3.63) is 23.3 Å². The largest absolute Gasteiger partial charge is 0.330 e. The molecule has 0 radical (unpaired) electrons. The van der Waals surface area contributed by atoms with Gasteiger partial charge in [-0.1, -0.05) is 13.8 Å². The molecule has 0 saturated carbocycles. The highest BCUT2D eigenvalue weighted by molar-refractivity contribution is 5.26. The summed E-state index contributed by atoms with van der Waals surface area (Å²) < 4.78 is 0.